The van der Waals surface area contributed by atoms with Crippen molar-refractivity contribution in [1.82, 2.24) is 4.90 Å². The summed E-state index contributed by atoms with van der Waals surface area (Å²) >= 11 is 21.3. The first-order valence-electron chi connectivity index (χ1n) is 13.3. The monoisotopic (exact) mass is 600 g/mol. The summed E-state index contributed by atoms with van der Waals surface area (Å²) in [5.74, 6) is -3.50. The van der Waals surface area contributed by atoms with E-state index in [4.69, 9.17) is 34.8 Å². The van der Waals surface area contributed by atoms with E-state index in [1.807, 2.05) is 78.9 Å². The Kier molecular flexibility index (Phi) is 6.06. The normalized spacial score (nSPS) is 26.3. The summed E-state index contributed by atoms with van der Waals surface area (Å²) in [5.41, 5.74) is 4.10. The van der Waals surface area contributed by atoms with E-state index < -0.39 is 45.3 Å². The number of amides is 3. The van der Waals surface area contributed by atoms with Gasteiger partial charge < -0.3 is 5.32 Å². The van der Waals surface area contributed by atoms with Gasteiger partial charge in [-0.2, -0.15) is 0 Å². The minimum absolute atomic E-state index is 0.120. The number of rotatable bonds is 5. The van der Waals surface area contributed by atoms with Gasteiger partial charge in [0.25, 0.3) is 0 Å². The van der Waals surface area contributed by atoms with E-state index in [9.17, 15) is 14.4 Å². The number of hydrogen-bond acceptors (Lipinski definition) is 3. The first kappa shape index (κ1) is 26.3. The molecule has 1 heterocycles. The minimum atomic E-state index is -1.32. The van der Waals surface area contributed by atoms with Gasteiger partial charge in [-0.05, 0) is 46.0 Å². The van der Waals surface area contributed by atoms with E-state index in [2.05, 4.69) is 5.32 Å². The number of carbonyl (C=O) groups excluding carboxylic acids is 3. The minimum Gasteiger partial charge on any atom is -0.324 e. The fraction of sp³-hybridized carbons (Fsp3) is 0.182. The number of anilines is 1. The highest BCUT2D eigenvalue weighted by Gasteiger charge is 2.73. The van der Waals surface area contributed by atoms with Crippen molar-refractivity contribution in [3.05, 3.63) is 136 Å². The van der Waals surface area contributed by atoms with Crippen LogP contribution in [0.25, 0.3) is 0 Å². The zero-order chi connectivity index (χ0) is 28.5. The highest BCUT2D eigenvalue weighted by atomic mass is 35.5. The zero-order valence-electron chi connectivity index (χ0n) is 21.6. The average molecular weight is 602 g/mol. The van der Waals surface area contributed by atoms with Crippen LogP contribution >= 0.6 is 34.8 Å². The highest BCUT2D eigenvalue weighted by molar-refractivity contribution is 6.36. The van der Waals surface area contributed by atoms with Gasteiger partial charge in [0.2, 0.25) is 17.7 Å². The molecule has 0 saturated carbocycles. The van der Waals surface area contributed by atoms with Gasteiger partial charge in [-0.15, -0.1) is 23.2 Å². The Hall–Kier alpha value is -3.64. The number of likely N-dealkylation sites (tertiary alicyclic amines) is 1. The molecule has 0 unspecified atom stereocenters. The fourth-order valence-electron chi connectivity index (χ4n) is 6.93. The van der Waals surface area contributed by atoms with Gasteiger partial charge in [-0.1, -0.05) is 96.5 Å². The fourth-order valence-corrected chi connectivity index (χ4v) is 8.21. The molecule has 204 valence electrons. The maximum atomic E-state index is 14.5. The number of benzene rings is 4. The lowest BCUT2D eigenvalue weighted by atomic mass is 9.54. The van der Waals surface area contributed by atoms with E-state index in [1.54, 1.807) is 24.3 Å². The van der Waals surface area contributed by atoms with Crippen LogP contribution in [0.4, 0.5) is 5.69 Å². The van der Waals surface area contributed by atoms with Gasteiger partial charge in [0, 0.05) is 17.1 Å². The van der Waals surface area contributed by atoms with Crippen molar-refractivity contribution in [1.29, 1.82) is 0 Å². The number of hydrogen-bond donors (Lipinski definition) is 1. The zero-order valence-corrected chi connectivity index (χ0v) is 23.8. The van der Waals surface area contributed by atoms with Crippen molar-refractivity contribution < 1.29 is 14.4 Å². The second-order valence-corrected chi connectivity index (χ2v) is 12.4. The summed E-state index contributed by atoms with van der Waals surface area (Å²) in [6.45, 7) is 0. The van der Waals surface area contributed by atoms with Crippen molar-refractivity contribution >= 4 is 58.2 Å². The number of alkyl halides is 2. The van der Waals surface area contributed by atoms with Crippen LogP contribution in [0.3, 0.4) is 0 Å². The summed E-state index contributed by atoms with van der Waals surface area (Å²) in [6, 6.07) is 29.8. The number of carbonyl (C=O) groups is 3. The predicted molar refractivity (Wildman–Crippen MR) is 159 cm³/mol. The Labute approximate surface area is 252 Å². The van der Waals surface area contributed by atoms with E-state index in [1.165, 1.54) is 0 Å². The standard InChI is InChI=1S/C33H23Cl3N2O3/c34-20-11-8-12-21(18-20)37-29(39)26(17-19-9-2-1-3-10-19)38-30(40)27-28(31(38)41)33(36)23-14-5-4-13-22(23)32(27,35)24-15-6-7-16-25(24)33/h1-16,18,26-28H,17H2,(H,37,39)/t26-,27-,28+,32?,33?/m1/s1. The molecular weight excluding hydrogens is 579 g/mol. The summed E-state index contributed by atoms with van der Waals surface area (Å²) in [6.07, 6.45) is 0.120. The SMILES string of the molecule is O=C(Nc1cccc(Cl)c1)[C@@H](Cc1ccccc1)N1C(=O)[C@@H]2[C@H](C1=O)C1(Cl)c3ccccc3C2(Cl)c2ccccc21. The van der Waals surface area contributed by atoms with Gasteiger partial charge in [-0.25, -0.2) is 0 Å². The van der Waals surface area contributed by atoms with Gasteiger partial charge >= 0.3 is 0 Å². The van der Waals surface area contributed by atoms with Gasteiger partial charge in [0.1, 0.15) is 15.8 Å². The molecule has 1 fully saturated rings. The molecule has 8 heteroatoms. The van der Waals surface area contributed by atoms with Crippen molar-refractivity contribution in [3.63, 3.8) is 0 Å². The summed E-state index contributed by atoms with van der Waals surface area (Å²) in [7, 11) is 0. The smallest absolute Gasteiger partial charge is 0.248 e. The van der Waals surface area contributed by atoms with Crippen LogP contribution in [0.5, 0.6) is 0 Å². The number of imide groups is 1. The molecule has 0 spiro atoms. The van der Waals surface area contributed by atoms with Gasteiger partial charge in [-0.3, -0.25) is 19.3 Å². The highest BCUT2D eigenvalue weighted by Crippen LogP contribution is 2.69. The molecule has 8 rings (SSSR count). The Morgan fingerprint density at radius 3 is 1.71 bits per heavy atom. The topological polar surface area (TPSA) is 66.5 Å². The summed E-state index contributed by atoms with van der Waals surface area (Å²) in [4.78, 5) is 41.4. The molecule has 4 aromatic carbocycles. The average Bonchev–Trinajstić information content (AvgIpc) is 3.26. The first-order valence-corrected chi connectivity index (χ1v) is 14.4. The van der Waals surface area contributed by atoms with Crippen molar-refractivity contribution in [2.24, 2.45) is 11.8 Å². The Bertz CT molecular complexity index is 1620. The van der Waals surface area contributed by atoms with E-state index in [-0.39, 0.29) is 6.42 Å². The number of halogens is 3. The van der Waals surface area contributed by atoms with Crippen LogP contribution in [0.15, 0.2) is 103 Å². The third-order valence-corrected chi connectivity index (χ3v) is 10.1. The van der Waals surface area contributed by atoms with Crippen LogP contribution in [0.1, 0.15) is 27.8 Å². The molecule has 1 saturated heterocycles. The number of nitrogens with one attached hydrogen (secondary N) is 1. The molecule has 4 aromatic rings. The molecule has 1 N–H and O–H groups in total. The van der Waals surface area contributed by atoms with Crippen LogP contribution in [0, 0.1) is 11.8 Å². The van der Waals surface area contributed by atoms with Crippen LogP contribution < -0.4 is 5.32 Å². The molecule has 5 nitrogen and oxygen atoms in total. The molecule has 3 amide bonds. The van der Waals surface area contributed by atoms with Gasteiger partial charge in [0.15, 0.2) is 0 Å². The molecule has 0 radical (unpaired) electrons. The summed E-state index contributed by atoms with van der Waals surface area (Å²) < 4.78 is 0. The number of nitrogens with zero attached hydrogens (tertiary/aromatic N) is 1. The Morgan fingerprint density at radius 2 is 1.22 bits per heavy atom. The molecule has 0 aromatic heterocycles. The molecule has 4 aliphatic rings. The van der Waals surface area contributed by atoms with Crippen molar-refractivity contribution in [2.45, 2.75) is 22.2 Å². The predicted octanol–water partition coefficient (Wildman–Crippen LogP) is 6.48. The third-order valence-electron chi connectivity index (χ3n) is 8.60. The Balaban J connectivity index is 1.37. The molecule has 3 atom stereocenters. The van der Waals surface area contributed by atoms with Crippen molar-refractivity contribution in [2.75, 3.05) is 5.32 Å². The molecule has 1 aliphatic heterocycles. The largest absolute Gasteiger partial charge is 0.324 e. The second-order valence-electron chi connectivity index (χ2n) is 10.7. The molecule has 3 aliphatic carbocycles. The summed E-state index contributed by atoms with van der Waals surface area (Å²) in [5, 5.41) is 3.30. The second kappa shape index (κ2) is 9.45. The van der Waals surface area contributed by atoms with E-state index in [0.717, 1.165) is 10.5 Å². The Morgan fingerprint density at radius 1 is 0.732 bits per heavy atom. The third kappa shape index (κ3) is 3.66. The first-order chi connectivity index (χ1) is 19.8. The molecule has 41 heavy (non-hydrogen) atoms. The van der Waals surface area contributed by atoms with Gasteiger partial charge in [0.05, 0.1) is 11.8 Å². The lowest BCUT2D eigenvalue weighted by Crippen LogP contribution is -2.57. The maximum Gasteiger partial charge on any atom is 0.248 e. The van der Waals surface area contributed by atoms with E-state index in [0.29, 0.717) is 33.0 Å². The molecular formula is C33H23Cl3N2O3. The van der Waals surface area contributed by atoms with Crippen LogP contribution in [-0.2, 0) is 30.6 Å². The lowest BCUT2D eigenvalue weighted by Gasteiger charge is -2.54. The quantitative estimate of drug-likeness (QED) is 0.210. The van der Waals surface area contributed by atoms with E-state index >= 15 is 0 Å². The van der Waals surface area contributed by atoms with Crippen LogP contribution in [-0.4, -0.2) is 28.7 Å². The molecule has 2 bridgehead atoms. The maximum absolute atomic E-state index is 14.5. The van der Waals surface area contributed by atoms with Crippen molar-refractivity contribution in [3.8, 4) is 0 Å². The van der Waals surface area contributed by atoms with Crippen LogP contribution in [0.2, 0.25) is 5.02 Å². The lowest BCUT2D eigenvalue weighted by molar-refractivity contribution is -0.146.